The summed E-state index contributed by atoms with van der Waals surface area (Å²) in [7, 11) is 3.22. The molecule has 0 radical (unpaired) electrons. The molecule has 19 heavy (non-hydrogen) atoms. The lowest BCUT2D eigenvalue weighted by Gasteiger charge is -2.21. The number of carbonyl (C=O) groups is 2. The van der Waals surface area contributed by atoms with Crippen molar-refractivity contribution in [3.05, 3.63) is 35.9 Å². The van der Waals surface area contributed by atoms with Gasteiger partial charge in [-0.2, -0.15) is 0 Å². The van der Waals surface area contributed by atoms with Gasteiger partial charge in [0.2, 0.25) is 11.8 Å². The van der Waals surface area contributed by atoms with Crippen molar-refractivity contribution < 1.29 is 9.59 Å². The fourth-order valence-electron chi connectivity index (χ4n) is 1.54. The predicted octanol–water partition coefficient (Wildman–Crippen LogP) is 0.703. The zero-order chi connectivity index (χ0) is 13.5. The molecule has 0 aliphatic heterocycles. The van der Waals surface area contributed by atoms with E-state index in [1.807, 2.05) is 30.3 Å². The number of nitrogens with zero attached hydrogens (tertiary/aromatic N) is 1. The van der Waals surface area contributed by atoms with Gasteiger partial charge in [0, 0.05) is 27.1 Å². The summed E-state index contributed by atoms with van der Waals surface area (Å²) >= 11 is 0. The van der Waals surface area contributed by atoms with Crippen LogP contribution in [0.2, 0.25) is 0 Å². The number of benzene rings is 1. The Kier molecular flexibility index (Phi) is 7.79. The molecule has 3 N–H and O–H groups in total. The Bertz CT molecular complexity index is 412. The Morgan fingerprint density at radius 1 is 1.32 bits per heavy atom. The lowest BCUT2D eigenvalue weighted by atomic mass is 10.1. The van der Waals surface area contributed by atoms with Gasteiger partial charge >= 0.3 is 0 Å². The number of hydrogen-bond donors (Lipinski definition) is 2. The van der Waals surface area contributed by atoms with Crippen LogP contribution in [-0.2, 0) is 9.59 Å². The van der Waals surface area contributed by atoms with Gasteiger partial charge in [-0.1, -0.05) is 30.3 Å². The van der Waals surface area contributed by atoms with Crippen molar-refractivity contribution in [2.24, 2.45) is 5.73 Å². The van der Waals surface area contributed by atoms with E-state index in [4.69, 9.17) is 5.73 Å². The van der Waals surface area contributed by atoms with Crippen LogP contribution in [0.5, 0.6) is 0 Å². The first kappa shape index (κ1) is 17.4. The molecule has 1 atom stereocenters. The van der Waals surface area contributed by atoms with E-state index in [2.05, 4.69) is 5.32 Å². The standard InChI is InChI=1S/C13H19N3O2.ClH/c1-15-11(17)8-9-16(2)13(18)12(14)10-6-4-3-5-7-10;/h3-7,12H,8-9,14H2,1-2H3,(H,15,17);1H. The molecule has 1 aromatic carbocycles. The second kappa shape index (κ2) is 8.50. The van der Waals surface area contributed by atoms with Gasteiger partial charge in [0.05, 0.1) is 0 Å². The molecule has 0 bridgehead atoms. The molecule has 0 aromatic heterocycles. The van der Waals surface area contributed by atoms with Crippen molar-refractivity contribution in [2.75, 3.05) is 20.6 Å². The molecule has 0 heterocycles. The number of likely N-dealkylation sites (N-methyl/N-ethyl adjacent to an activating group) is 1. The van der Waals surface area contributed by atoms with Gasteiger partial charge in [-0.05, 0) is 5.56 Å². The Labute approximate surface area is 119 Å². The van der Waals surface area contributed by atoms with Crippen molar-refractivity contribution in [1.29, 1.82) is 0 Å². The second-order valence-electron chi connectivity index (χ2n) is 4.07. The quantitative estimate of drug-likeness (QED) is 0.836. The Morgan fingerprint density at radius 3 is 2.42 bits per heavy atom. The number of nitrogens with one attached hydrogen (secondary N) is 1. The van der Waals surface area contributed by atoms with Crippen molar-refractivity contribution in [3.8, 4) is 0 Å². The normalized spacial score (nSPS) is 11.1. The molecule has 1 aromatic rings. The van der Waals surface area contributed by atoms with Gasteiger partial charge in [0.1, 0.15) is 6.04 Å². The third kappa shape index (κ3) is 5.28. The molecule has 0 saturated heterocycles. The molecule has 106 valence electrons. The molecule has 5 nitrogen and oxygen atoms in total. The van der Waals surface area contributed by atoms with Crippen LogP contribution in [0.25, 0.3) is 0 Å². The first-order valence-electron chi connectivity index (χ1n) is 5.82. The van der Waals surface area contributed by atoms with Gasteiger partial charge in [0.15, 0.2) is 0 Å². The summed E-state index contributed by atoms with van der Waals surface area (Å²) in [5, 5.41) is 2.51. The van der Waals surface area contributed by atoms with Gasteiger partial charge < -0.3 is 16.0 Å². The van der Waals surface area contributed by atoms with E-state index in [1.54, 1.807) is 14.1 Å². The molecule has 0 aliphatic rings. The highest BCUT2D eigenvalue weighted by Gasteiger charge is 2.19. The SMILES string of the molecule is CNC(=O)CCN(C)C(=O)C(N)c1ccccc1.Cl. The molecule has 0 aliphatic carbocycles. The zero-order valence-electron chi connectivity index (χ0n) is 11.1. The van der Waals surface area contributed by atoms with Crippen LogP contribution in [0, 0.1) is 0 Å². The van der Waals surface area contributed by atoms with Crippen LogP contribution >= 0.6 is 12.4 Å². The highest BCUT2D eigenvalue weighted by molar-refractivity contribution is 5.85. The van der Waals surface area contributed by atoms with Gasteiger partial charge in [-0.15, -0.1) is 12.4 Å². The van der Waals surface area contributed by atoms with Crippen molar-refractivity contribution >= 4 is 24.2 Å². The van der Waals surface area contributed by atoms with Crippen molar-refractivity contribution in [1.82, 2.24) is 10.2 Å². The van der Waals surface area contributed by atoms with E-state index in [0.29, 0.717) is 6.54 Å². The number of hydrogen-bond acceptors (Lipinski definition) is 3. The van der Waals surface area contributed by atoms with Crippen LogP contribution in [0.3, 0.4) is 0 Å². The van der Waals surface area contributed by atoms with Crippen LogP contribution < -0.4 is 11.1 Å². The summed E-state index contributed by atoms with van der Waals surface area (Å²) in [5.74, 6) is -0.284. The lowest BCUT2D eigenvalue weighted by molar-refractivity contribution is -0.132. The zero-order valence-corrected chi connectivity index (χ0v) is 11.9. The molecule has 0 saturated carbocycles. The number of amides is 2. The van der Waals surface area contributed by atoms with E-state index in [9.17, 15) is 9.59 Å². The summed E-state index contributed by atoms with van der Waals surface area (Å²) < 4.78 is 0. The summed E-state index contributed by atoms with van der Waals surface area (Å²) in [6.45, 7) is 0.360. The fraction of sp³-hybridized carbons (Fsp3) is 0.385. The summed E-state index contributed by atoms with van der Waals surface area (Å²) in [4.78, 5) is 24.6. The van der Waals surface area contributed by atoms with Gasteiger partial charge in [-0.25, -0.2) is 0 Å². The first-order chi connectivity index (χ1) is 8.56. The first-order valence-corrected chi connectivity index (χ1v) is 5.82. The maximum atomic E-state index is 12.0. The summed E-state index contributed by atoms with van der Waals surface area (Å²) in [5.41, 5.74) is 6.66. The minimum Gasteiger partial charge on any atom is -0.359 e. The number of carbonyl (C=O) groups excluding carboxylic acids is 2. The maximum absolute atomic E-state index is 12.0. The largest absolute Gasteiger partial charge is 0.359 e. The molecule has 1 rings (SSSR count). The number of nitrogens with two attached hydrogens (primary N) is 1. The molecule has 0 fully saturated rings. The van der Waals surface area contributed by atoms with Crippen LogP contribution in [-0.4, -0.2) is 37.4 Å². The third-order valence-electron chi connectivity index (χ3n) is 2.75. The Balaban J connectivity index is 0.00000324. The highest BCUT2D eigenvalue weighted by Crippen LogP contribution is 2.12. The average Bonchev–Trinajstić information content (AvgIpc) is 2.43. The monoisotopic (exact) mass is 285 g/mol. The topological polar surface area (TPSA) is 75.4 Å². The average molecular weight is 286 g/mol. The molecule has 1 unspecified atom stereocenters. The van der Waals surface area contributed by atoms with E-state index >= 15 is 0 Å². The minimum atomic E-state index is -0.680. The highest BCUT2D eigenvalue weighted by atomic mass is 35.5. The molecular formula is C13H20ClN3O2. The van der Waals surface area contributed by atoms with Crippen molar-refractivity contribution in [3.63, 3.8) is 0 Å². The predicted molar refractivity (Wildman–Crippen MR) is 76.9 cm³/mol. The molecule has 0 spiro atoms. The molecular weight excluding hydrogens is 266 g/mol. The van der Waals surface area contributed by atoms with E-state index in [1.165, 1.54) is 4.90 Å². The minimum absolute atomic E-state index is 0. The third-order valence-corrected chi connectivity index (χ3v) is 2.75. The summed E-state index contributed by atoms with van der Waals surface area (Å²) in [6.07, 6.45) is 0.278. The number of halogens is 1. The van der Waals surface area contributed by atoms with Gasteiger partial charge in [0.25, 0.3) is 0 Å². The van der Waals surface area contributed by atoms with Gasteiger partial charge in [-0.3, -0.25) is 9.59 Å². The smallest absolute Gasteiger partial charge is 0.243 e. The van der Waals surface area contributed by atoms with Crippen LogP contribution in [0.4, 0.5) is 0 Å². The Hall–Kier alpha value is -1.59. The van der Waals surface area contributed by atoms with Crippen LogP contribution in [0.1, 0.15) is 18.0 Å². The second-order valence-corrected chi connectivity index (χ2v) is 4.07. The van der Waals surface area contributed by atoms with Crippen LogP contribution in [0.15, 0.2) is 30.3 Å². The molecule has 2 amide bonds. The summed E-state index contributed by atoms with van der Waals surface area (Å²) in [6, 6.07) is 8.50. The fourth-order valence-corrected chi connectivity index (χ4v) is 1.54. The molecule has 6 heteroatoms. The van der Waals surface area contributed by atoms with E-state index in [-0.39, 0.29) is 30.6 Å². The van der Waals surface area contributed by atoms with E-state index in [0.717, 1.165) is 5.56 Å². The lowest BCUT2D eigenvalue weighted by Crippen LogP contribution is -2.37. The van der Waals surface area contributed by atoms with E-state index < -0.39 is 6.04 Å². The number of rotatable bonds is 5. The van der Waals surface area contributed by atoms with Crippen molar-refractivity contribution in [2.45, 2.75) is 12.5 Å². The Morgan fingerprint density at radius 2 is 1.89 bits per heavy atom. The maximum Gasteiger partial charge on any atom is 0.243 e.